The van der Waals surface area contributed by atoms with Gasteiger partial charge in [-0.25, -0.2) is 4.90 Å². The minimum absolute atomic E-state index is 0.144. The highest BCUT2D eigenvalue weighted by atomic mass is 35.5. The van der Waals surface area contributed by atoms with Crippen molar-refractivity contribution in [2.75, 3.05) is 4.90 Å². The average Bonchev–Trinajstić information content (AvgIpc) is 3.15. The van der Waals surface area contributed by atoms with Crippen LogP contribution in [0.15, 0.2) is 96.0 Å². The molecule has 0 N–H and O–H groups in total. The van der Waals surface area contributed by atoms with Crippen molar-refractivity contribution in [3.05, 3.63) is 129 Å². The molecule has 4 bridgehead atoms. The number of halogens is 1. The number of carbonyl (C=O) groups excluding carboxylic acids is 2. The minimum atomic E-state index is -0.918. The van der Waals surface area contributed by atoms with Crippen molar-refractivity contribution in [2.45, 2.75) is 25.2 Å². The summed E-state index contributed by atoms with van der Waals surface area (Å²) in [5, 5.41) is 0.592. The van der Waals surface area contributed by atoms with Crippen molar-refractivity contribution < 1.29 is 9.59 Å². The number of carbonyl (C=O) groups is 2. The molecular weight excluding hydrogens is 492 g/mol. The van der Waals surface area contributed by atoms with E-state index in [1.807, 2.05) is 68.6 Å². The Morgan fingerprint density at radius 1 is 0.868 bits per heavy atom. The first-order chi connectivity index (χ1) is 18.4. The lowest BCUT2D eigenvalue weighted by Gasteiger charge is -2.48. The lowest BCUT2D eigenvalue weighted by atomic mass is 9.52. The molecule has 4 nitrogen and oxygen atoms in total. The second kappa shape index (κ2) is 8.24. The molecule has 2 amide bonds. The van der Waals surface area contributed by atoms with E-state index >= 15 is 0 Å². The van der Waals surface area contributed by atoms with Crippen molar-refractivity contribution in [1.82, 2.24) is 0 Å². The lowest BCUT2D eigenvalue weighted by Crippen LogP contribution is -2.51. The van der Waals surface area contributed by atoms with E-state index in [9.17, 15) is 9.59 Å². The van der Waals surface area contributed by atoms with Crippen molar-refractivity contribution >= 4 is 41.0 Å². The molecule has 10 rings (SSSR count). The van der Waals surface area contributed by atoms with Crippen LogP contribution in [0.1, 0.15) is 39.3 Å². The maximum absolute atomic E-state index is 14.6. The third-order valence-corrected chi connectivity index (χ3v) is 8.74. The average molecular weight is 517 g/mol. The van der Waals surface area contributed by atoms with E-state index in [0.29, 0.717) is 16.4 Å². The molecule has 0 spiro atoms. The first-order valence-electron chi connectivity index (χ1n) is 12.9. The van der Waals surface area contributed by atoms with Crippen LogP contribution in [0.4, 0.5) is 11.4 Å². The maximum Gasteiger partial charge on any atom is 0.239 e. The summed E-state index contributed by atoms with van der Waals surface area (Å²) in [6.45, 7) is 3.97. The second-order valence-corrected chi connectivity index (χ2v) is 11.0. The van der Waals surface area contributed by atoms with Gasteiger partial charge in [0.15, 0.2) is 0 Å². The molecule has 1 aliphatic heterocycles. The van der Waals surface area contributed by atoms with E-state index in [0.717, 1.165) is 33.4 Å². The first-order valence-corrected chi connectivity index (χ1v) is 13.2. The number of benzene rings is 4. The minimum Gasteiger partial charge on any atom is -0.274 e. The molecule has 1 fully saturated rings. The fourth-order valence-corrected chi connectivity index (χ4v) is 7.14. The summed E-state index contributed by atoms with van der Waals surface area (Å²) in [5.74, 6) is -1.70. The third kappa shape index (κ3) is 3.07. The Morgan fingerprint density at radius 3 is 2.42 bits per heavy atom. The van der Waals surface area contributed by atoms with E-state index in [2.05, 4.69) is 36.4 Å². The molecule has 0 saturated carbocycles. The Bertz CT molecular complexity index is 1670. The number of imide groups is 1. The Labute approximate surface area is 226 Å². The molecule has 38 heavy (non-hydrogen) atoms. The monoisotopic (exact) mass is 516 g/mol. The number of anilines is 1. The summed E-state index contributed by atoms with van der Waals surface area (Å²) in [4.78, 5) is 35.3. The topological polar surface area (TPSA) is 49.7 Å². The molecule has 0 radical (unpaired) electrons. The van der Waals surface area contributed by atoms with Gasteiger partial charge < -0.3 is 0 Å². The van der Waals surface area contributed by atoms with Crippen LogP contribution in [0, 0.1) is 25.7 Å². The Hall–Kier alpha value is -4.02. The standard InChI is InChI=1S/C33H25ClN2O2/c1-19-10-15-27(20(2)16-19)36-31(37)29-28-21-11-13-22(14-12-21)33(30(29)32(36)38,26-9-4-3-8-25(26)28)18-35-24-7-5-6-23(34)17-24/h3-18,28-30H,1-2H3/t28-,29-,30-,33-/m0/s1. The highest BCUT2D eigenvalue weighted by molar-refractivity contribution is 6.30. The van der Waals surface area contributed by atoms with Gasteiger partial charge >= 0.3 is 0 Å². The van der Waals surface area contributed by atoms with Gasteiger partial charge in [0.25, 0.3) is 0 Å². The fraction of sp³-hybridized carbons (Fsp3) is 0.182. The van der Waals surface area contributed by atoms with E-state index < -0.39 is 17.3 Å². The van der Waals surface area contributed by atoms with Crippen molar-refractivity contribution in [3.8, 4) is 0 Å². The fourth-order valence-electron chi connectivity index (χ4n) is 6.95. The predicted molar refractivity (Wildman–Crippen MR) is 150 cm³/mol. The maximum atomic E-state index is 14.6. The molecule has 6 aliphatic rings. The normalized spacial score (nSPS) is 25.0. The van der Waals surface area contributed by atoms with Gasteiger partial charge in [-0.05, 0) is 65.9 Å². The summed E-state index contributed by atoms with van der Waals surface area (Å²) in [6.07, 6.45) is 1.89. The number of aliphatic imine (C=N–C) groups is 1. The molecule has 4 aromatic rings. The third-order valence-electron chi connectivity index (χ3n) is 8.51. The van der Waals surface area contributed by atoms with Gasteiger partial charge in [-0.1, -0.05) is 83.9 Å². The number of amides is 2. The molecule has 186 valence electrons. The molecule has 0 unspecified atom stereocenters. The van der Waals surface area contributed by atoms with E-state index in [-0.39, 0.29) is 17.7 Å². The smallest absolute Gasteiger partial charge is 0.239 e. The zero-order valence-corrected chi connectivity index (χ0v) is 21.8. The highest BCUT2D eigenvalue weighted by Crippen LogP contribution is 2.60. The van der Waals surface area contributed by atoms with Crippen LogP contribution in [-0.4, -0.2) is 18.0 Å². The molecular formula is C33H25ClN2O2. The summed E-state index contributed by atoms with van der Waals surface area (Å²) >= 11 is 6.27. The van der Waals surface area contributed by atoms with E-state index in [4.69, 9.17) is 16.6 Å². The number of hydrogen-bond acceptors (Lipinski definition) is 3. The van der Waals surface area contributed by atoms with Crippen LogP contribution < -0.4 is 4.90 Å². The summed E-state index contributed by atoms with van der Waals surface area (Å²) in [6, 6.07) is 29.9. The molecule has 1 saturated heterocycles. The second-order valence-electron chi connectivity index (χ2n) is 10.6. The van der Waals surface area contributed by atoms with Gasteiger partial charge in [0.05, 0.1) is 28.6 Å². The summed E-state index contributed by atoms with van der Waals surface area (Å²) in [5.41, 5.74) is 6.56. The molecule has 4 aromatic carbocycles. The van der Waals surface area contributed by atoms with Gasteiger partial charge in [-0.15, -0.1) is 0 Å². The van der Waals surface area contributed by atoms with Crippen LogP contribution in [0.3, 0.4) is 0 Å². The van der Waals surface area contributed by atoms with Crippen LogP contribution in [0.5, 0.6) is 0 Å². The Balaban J connectivity index is 1.52. The summed E-state index contributed by atoms with van der Waals surface area (Å²) in [7, 11) is 0. The Morgan fingerprint density at radius 2 is 1.66 bits per heavy atom. The first kappa shape index (κ1) is 23.1. The van der Waals surface area contributed by atoms with Crippen LogP contribution in [0.25, 0.3) is 0 Å². The van der Waals surface area contributed by atoms with Crippen LogP contribution in [0.2, 0.25) is 5.02 Å². The van der Waals surface area contributed by atoms with Gasteiger partial charge in [-0.3, -0.25) is 14.6 Å². The van der Waals surface area contributed by atoms with Crippen LogP contribution in [-0.2, 0) is 15.0 Å². The lowest BCUT2D eigenvalue weighted by molar-refractivity contribution is -0.122. The molecule has 5 heteroatoms. The van der Waals surface area contributed by atoms with Gasteiger partial charge in [0, 0.05) is 17.2 Å². The van der Waals surface area contributed by atoms with Gasteiger partial charge in [-0.2, -0.15) is 0 Å². The number of hydrogen-bond donors (Lipinski definition) is 0. The molecule has 5 aliphatic carbocycles. The van der Waals surface area contributed by atoms with E-state index in [1.54, 1.807) is 6.07 Å². The quantitative estimate of drug-likeness (QED) is 0.219. The molecule has 4 atom stereocenters. The summed E-state index contributed by atoms with van der Waals surface area (Å²) < 4.78 is 0. The zero-order valence-electron chi connectivity index (χ0n) is 21.1. The largest absolute Gasteiger partial charge is 0.274 e. The number of aryl methyl sites for hydroxylation is 2. The zero-order chi connectivity index (χ0) is 26.2. The molecule has 1 heterocycles. The van der Waals surface area contributed by atoms with Gasteiger partial charge in [0.1, 0.15) is 0 Å². The SMILES string of the molecule is Cc1ccc(N2C(=O)[C@H]3[C@H]4c5ccc(cc5)[C@@](C=Nc5cccc(Cl)c5)(c5ccccc54)[C@@H]3C2=O)c(C)c1. The Kier molecular flexibility index (Phi) is 5.01. The number of rotatable bonds is 3. The van der Waals surface area contributed by atoms with E-state index in [1.165, 1.54) is 4.90 Å². The van der Waals surface area contributed by atoms with Crippen molar-refractivity contribution in [2.24, 2.45) is 16.8 Å². The van der Waals surface area contributed by atoms with Gasteiger partial charge in [0.2, 0.25) is 11.8 Å². The van der Waals surface area contributed by atoms with Crippen LogP contribution >= 0.6 is 11.6 Å². The predicted octanol–water partition coefficient (Wildman–Crippen LogP) is 6.91. The molecule has 0 aromatic heterocycles. The number of nitrogens with zero attached hydrogens (tertiary/aromatic N) is 2. The van der Waals surface area contributed by atoms with Crippen molar-refractivity contribution in [3.63, 3.8) is 0 Å². The highest BCUT2D eigenvalue weighted by Gasteiger charge is 2.65. The van der Waals surface area contributed by atoms with Crippen molar-refractivity contribution in [1.29, 1.82) is 0 Å².